The summed E-state index contributed by atoms with van der Waals surface area (Å²) in [5.41, 5.74) is 0.452. The molecule has 0 saturated carbocycles. The average molecular weight is 333 g/mol. The lowest BCUT2D eigenvalue weighted by Crippen LogP contribution is -2.47. The summed E-state index contributed by atoms with van der Waals surface area (Å²) in [6.07, 6.45) is 2.62. The summed E-state index contributed by atoms with van der Waals surface area (Å²) in [5.74, 6) is 0. The Kier molecular flexibility index (Phi) is 8.67. The van der Waals surface area contributed by atoms with E-state index in [0.717, 1.165) is 19.5 Å². The third-order valence-electron chi connectivity index (χ3n) is 4.19. The second kappa shape index (κ2) is 9.42. The summed E-state index contributed by atoms with van der Waals surface area (Å²) >= 11 is 0. The normalized spacial score (nSPS) is 25.6. The molecule has 1 aliphatic rings. The Morgan fingerprint density at radius 2 is 2.05 bits per heavy atom. The molecular weight excluding hydrogens is 298 g/mol. The van der Waals surface area contributed by atoms with Gasteiger partial charge in [-0.3, -0.25) is 0 Å². The monoisotopic (exact) mass is 332 g/mol. The van der Waals surface area contributed by atoms with Crippen LogP contribution in [0.2, 0.25) is 32.2 Å². The molecule has 1 aliphatic heterocycles. The first-order chi connectivity index (χ1) is 9.88. The fourth-order valence-electron chi connectivity index (χ4n) is 3.07. The van der Waals surface area contributed by atoms with E-state index in [-0.39, 0.29) is 14.9 Å². The third-order valence-corrected chi connectivity index (χ3v) is 8.53. The number of hydrogen-bond acceptors (Lipinski definition) is 4. The maximum absolute atomic E-state index is 6.38. The van der Waals surface area contributed by atoms with E-state index in [0.29, 0.717) is 12.3 Å². The summed E-state index contributed by atoms with van der Waals surface area (Å²) in [6, 6.07) is 1.24. The lowest BCUT2D eigenvalue weighted by molar-refractivity contribution is 0.0388. The summed E-state index contributed by atoms with van der Waals surface area (Å²) < 4.78 is 17.4. The van der Waals surface area contributed by atoms with Gasteiger partial charge in [-0.1, -0.05) is 13.1 Å². The van der Waals surface area contributed by atoms with E-state index in [1.165, 1.54) is 19.0 Å². The van der Waals surface area contributed by atoms with Gasteiger partial charge in [-0.05, 0) is 38.5 Å². The predicted molar refractivity (Wildman–Crippen MR) is 93.0 cm³/mol. The van der Waals surface area contributed by atoms with E-state index in [4.69, 9.17) is 13.9 Å². The Morgan fingerprint density at radius 1 is 1.33 bits per heavy atom. The van der Waals surface area contributed by atoms with Crippen LogP contribution in [0.25, 0.3) is 0 Å². The first kappa shape index (κ1) is 19.3. The number of nitrogens with zero attached hydrogens (tertiary/aromatic N) is 1. The molecular formula is C15H34NO3Si2. The highest BCUT2D eigenvalue weighted by atomic mass is 28.4. The van der Waals surface area contributed by atoms with Crippen LogP contribution in [0.3, 0.4) is 0 Å². The van der Waals surface area contributed by atoms with Crippen molar-refractivity contribution in [3.63, 3.8) is 0 Å². The molecule has 0 aliphatic carbocycles. The van der Waals surface area contributed by atoms with Crippen LogP contribution in [0.4, 0.5) is 0 Å². The fourth-order valence-corrected chi connectivity index (χ4v) is 6.42. The molecule has 0 amide bonds. The molecule has 1 rings (SSSR count). The standard InChI is InChI=1S/C15H34NO3Si2/c1-17-13-14-12-16(9-7-11-21(5,6)19-14)10-8-15(18-2)20(3)4/h14-15H,7-13H2,1-6H3. The zero-order valence-corrected chi connectivity index (χ0v) is 16.8. The number of rotatable bonds is 7. The van der Waals surface area contributed by atoms with Crippen molar-refractivity contribution < 1.29 is 13.9 Å². The van der Waals surface area contributed by atoms with Crippen molar-refractivity contribution in [3.8, 4) is 0 Å². The molecule has 1 radical (unpaired) electrons. The van der Waals surface area contributed by atoms with Crippen molar-refractivity contribution >= 4 is 17.1 Å². The SMILES string of the molecule is COCC1CN(CCC(OC)[Si](C)C)CCC[Si](C)(C)O1. The molecule has 0 aromatic rings. The van der Waals surface area contributed by atoms with E-state index in [9.17, 15) is 0 Å². The minimum atomic E-state index is -1.50. The maximum atomic E-state index is 6.38. The van der Waals surface area contributed by atoms with Crippen LogP contribution in [0, 0.1) is 0 Å². The van der Waals surface area contributed by atoms with Gasteiger partial charge in [-0.2, -0.15) is 0 Å². The number of methoxy groups -OCH3 is 2. The van der Waals surface area contributed by atoms with Crippen molar-refractivity contribution in [2.45, 2.75) is 56.9 Å². The predicted octanol–water partition coefficient (Wildman–Crippen LogP) is 2.63. The first-order valence-electron chi connectivity index (χ1n) is 8.10. The van der Waals surface area contributed by atoms with Crippen molar-refractivity contribution in [2.24, 2.45) is 0 Å². The van der Waals surface area contributed by atoms with Crippen LogP contribution in [-0.4, -0.2) is 74.3 Å². The van der Waals surface area contributed by atoms with Gasteiger partial charge in [0.25, 0.3) is 0 Å². The number of ether oxygens (including phenoxy) is 2. The first-order valence-corrected chi connectivity index (χ1v) is 13.8. The van der Waals surface area contributed by atoms with Crippen LogP contribution in [-0.2, 0) is 13.9 Å². The highest BCUT2D eigenvalue weighted by Crippen LogP contribution is 2.20. The Balaban J connectivity index is 2.53. The van der Waals surface area contributed by atoms with E-state index in [1.54, 1.807) is 7.11 Å². The van der Waals surface area contributed by atoms with Crippen LogP contribution < -0.4 is 0 Å². The van der Waals surface area contributed by atoms with Crippen molar-refractivity contribution in [1.29, 1.82) is 0 Å². The molecule has 1 heterocycles. The van der Waals surface area contributed by atoms with Gasteiger partial charge in [0.1, 0.15) is 0 Å². The molecule has 125 valence electrons. The second-order valence-corrected chi connectivity index (χ2v) is 14.0. The van der Waals surface area contributed by atoms with Crippen molar-refractivity contribution in [3.05, 3.63) is 0 Å². The molecule has 2 atom stereocenters. The molecule has 1 fully saturated rings. The lowest BCUT2D eigenvalue weighted by Gasteiger charge is -2.37. The Morgan fingerprint density at radius 3 is 2.62 bits per heavy atom. The molecule has 1 saturated heterocycles. The van der Waals surface area contributed by atoms with Crippen LogP contribution in [0.5, 0.6) is 0 Å². The molecule has 2 unspecified atom stereocenters. The van der Waals surface area contributed by atoms with E-state index >= 15 is 0 Å². The Bertz CT molecular complexity index is 290. The molecule has 0 aromatic carbocycles. The van der Waals surface area contributed by atoms with Crippen molar-refractivity contribution in [2.75, 3.05) is 40.5 Å². The molecule has 21 heavy (non-hydrogen) atoms. The maximum Gasteiger partial charge on any atom is 0.187 e. The van der Waals surface area contributed by atoms with E-state index in [2.05, 4.69) is 31.1 Å². The highest BCUT2D eigenvalue weighted by Gasteiger charge is 2.30. The molecule has 0 N–H and O–H groups in total. The second-order valence-electron chi connectivity index (χ2n) is 6.95. The van der Waals surface area contributed by atoms with Gasteiger partial charge in [-0.15, -0.1) is 0 Å². The lowest BCUT2D eigenvalue weighted by atomic mass is 10.3. The van der Waals surface area contributed by atoms with Gasteiger partial charge in [0.2, 0.25) is 0 Å². The van der Waals surface area contributed by atoms with Gasteiger partial charge in [0.05, 0.1) is 21.5 Å². The molecule has 0 spiro atoms. The number of hydrogen-bond donors (Lipinski definition) is 0. The minimum Gasteiger partial charge on any atom is -0.411 e. The van der Waals surface area contributed by atoms with E-state index < -0.39 is 8.32 Å². The highest BCUT2D eigenvalue weighted by molar-refractivity contribution is 6.71. The van der Waals surface area contributed by atoms with Gasteiger partial charge < -0.3 is 18.8 Å². The summed E-state index contributed by atoms with van der Waals surface area (Å²) in [4.78, 5) is 2.55. The van der Waals surface area contributed by atoms with Gasteiger partial charge in [0, 0.05) is 33.0 Å². The minimum absolute atomic E-state index is 0.228. The molecule has 0 aromatic heterocycles. The molecule has 6 heteroatoms. The van der Waals surface area contributed by atoms with Crippen LogP contribution in [0.1, 0.15) is 12.8 Å². The summed E-state index contributed by atoms with van der Waals surface area (Å²) in [7, 11) is 1.74. The largest absolute Gasteiger partial charge is 0.411 e. The zero-order chi connectivity index (χ0) is 15.9. The van der Waals surface area contributed by atoms with Gasteiger partial charge >= 0.3 is 0 Å². The van der Waals surface area contributed by atoms with Crippen LogP contribution >= 0.6 is 0 Å². The fraction of sp³-hybridized carbons (Fsp3) is 1.00. The summed E-state index contributed by atoms with van der Waals surface area (Å²) in [5, 5.41) is 0. The zero-order valence-electron chi connectivity index (χ0n) is 14.8. The Hall–Kier alpha value is 0.274. The van der Waals surface area contributed by atoms with Crippen LogP contribution in [0.15, 0.2) is 0 Å². The summed E-state index contributed by atoms with van der Waals surface area (Å²) in [6.45, 7) is 13.3. The quantitative estimate of drug-likeness (QED) is 0.671. The Labute approximate surface area is 133 Å². The van der Waals surface area contributed by atoms with Gasteiger partial charge in [-0.25, -0.2) is 0 Å². The van der Waals surface area contributed by atoms with E-state index in [1.807, 2.05) is 7.11 Å². The van der Waals surface area contributed by atoms with Crippen molar-refractivity contribution in [1.82, 2.24) is 4.90 Å². The third kappa shape index (κ3) is 7.39. The average Bonchev–Trinajstić information content (AvgIpc) is 2.36. The molecule has 4 nitrogen and oxygen atoms in total. The topological polar surface area (TPSA) is 30.9 Å². The smallest absolute Gasteiger partial charge is 0.187 e. The van der Waals surface area contributed by atoms with Gasteiger partial charge in [0.15, 0.2) is 8.32 Å². The molecule has 0 bridgehead atoms.